The first-order valence-corrected chi connectivity index (χ1v) is 8.23. The molecule has 0 spiro atoms. The standard InChI is InChI=1S/C18H31NO2/c1-4-6-7-16(5-2)12-19-13-17(20)14-21-18-10-8-15(3)9-11-18/h8-11,16-17,19-20H,4-7,12-14H2,1-3H3/t16-,17-/m0/s1. The Balaban J connectivity index is 2.15. The fourth-order valence-corrected chi connectivity index (χ4v) is 2.28. The van der Waals surface area contributed by atoms with Crippen molar-refractivity contribution in [3.63, 3.8) is 0 Å². The van der Waals surface area contributed by atoms with E-state index < -0.39 is 6.10 Å². The lowest BCUT2D eigenvalue weighted by Gasteiger charge is -2.17. The lowest BCUT2D eigenvalue weighted by Crippen LogP contribution is -2.34. The van der Waals surface area contributed by atoms with Crippen LogP contribution in [0.4, 0.5) is 0 Å². The van der Waals surface area contributed by atoms with Crippen molar-refractivity contribution in [1.82, 2.24) is 5.32 Å². The van der Waals surface area contributed by atoms with Gasteiger partial charge in [0.05, 0.1) is 0 Å². The van der Waals surface area contributed by atoms with E-state index >= 15 is 0 Å². The molecule has 0 unspecified atom stereocenters. The van der Waals surface area contributed by atoms with Gasteiger partial charge in [-0.15, -0.1) is 0 Å². The smallest absolute Gasteiger partial charge is 0.119 e. The fraction of sp³-hybridized carbons (Fsp3) is 0.667. The summed E-state index contributed by atoms with van der Waals surface area (Å²) in [4.78, 5) is 0. The molecule has 3 heteroatoms. The molecule has 120 valence electrons. The van der Waals surface area contributed by atoms with Gasteiger partial charge in [-0.05, 0) is 37.9 Å². The first-order chi connectivity index (χ1) is 10.2. The molecule has 0 amide bonds. The van der Waals surface area contributed by atoms with Crippen LogP contribution in [0.25, 0.3) is 0 Å². The average molecular weight is 293 g/mol. The van der Waals surface area contributed by atoms with Crippen molar-refractivity contribution in [3.8, 4) is 5.75 Å². The zero-order chi connectivity index (χ0) is 15.5. The molecule has 0 bridgehead atoms. The SMILES string of the molecule is CCCC[C@H](CC)CNC[C@H](O)COc1ccc(C)cc1. The molecule has 0 aliphatic heterocycles. The quantitative estimate of drug-likeness (QED) is 0.655. The van der Waals surface area contributed by atoms with Crippen LogP contribution in [0.15, 0.2) is 24.3 Å². The summed E-state index contributed by atoms with van der Waals surface area (Å²) >= 11 is 0. The monoisotopic (exact) mass is 293 g/mol. The van der Waals surface area contributed by atoms with Gasteiger partial charge in [0.1, 0.15) is 18.5 Å². The summed E-state index contributed by atoms with van der Waals surface area (Å²) in [6, 6.07) is 7.90. The van der Waals surface area contributed by atoms with Crippen LogP contribution in [0, 0.1) is 12.8 Å². The second kappa shape index (κ2) is 10.6. The van der Waals surface area contributed by atoms with Crippen LogP contribution in [0.3, 0.4) is 0 Å². The van der Waals surface area contributed by atoms with Gasteiger partial charge >= 0.3 is 0 Å². The van der Waals surface area contributed by atoms with Crippen molar-refractivity contribution in [2.24, 2.45) is 5.92 Å². The van der Waals surface area contributed by atoms with E-state index in [0.29, 0.717) is 13.2 Å². The normalized spacial score (nSPS) is 13.9. The molecule has 3 nitrogen and oxygen atoms in total. The van der Waals surface area contributed by atoms with Crippen molar-refractivity contribution < 1.29 is 9.84 Å². The molecule has 0 aliphatic rings. The van der Waals surface area contributed by atoms with Gasteiger partial charge < -0.3 is 15.2 Å². The Kier molecular flexibility index (Phi) is 9.11. The molecule has 1 aromatic rings. The summed E-state index contributed by atoms with van der Waals surface area (Å²) in [6.07, 6.45) is 4.55. The molecule has 1 aromatic carbocycles. The third kappa shape index (κ3) is 8.08. The van der Waals surface area contributed by atoms with Gasteiger partial charge in [-0.2, -0.15) is 0 Å². The van der Waals surface area contributed by atoms with Gasteiger partial charge in [0.25, 0.3) is 0 Å². The molecule has 0 fully saturated rings. The zero-order valence-electron chi connectivity index (χ0n) is 13.8. The number of benzene rings is 1. The number of unbranched alkanes of at least 4 members (excludes halogenated alkanes) is 1. The average Bonchev–Trinajstić information content (AvgIpc) is 2.50. The Hall–Kier alpha value is -1.06. The third-order valence-electron chi connectivity index (χ3n) is 3.82. The highest BCUT2D eigenvalue weighted by Gasteiger charge is 2.08. The molecule has 2 N–H and O–H groups in total. The maximum Gasteiger partial charge on any atom is 0.119 e. The van der Waals surface area contributed by atoms with E-state index in [1.165, 1.54) is 31.2 Å². The summed E-state index contributed by atoms with van der Waals surface area (Å²) < 4.78 is 5.58. The van der Waals surface area contributed by atoms with Crippen LogP contribution < -0.4 is 10.1 Å². The minimum Gasteiger partial charge on any atom is -0.491 e. The highest BCUT2D eigenvalue weighted by molar-refractivity contribution is 5.26. The predicted octanol–water partition coefficient (Wildman–Crippen LogP) is 3.54. The lowest BCUT2D eigenvalue weighted by molar-refractivity contribution is 0.105. The number of hydrogen-bond acceptors (Lipinski definition) is 3. The molecule has 0 heterocycles. The molecule has 2 atom stereocenters. The first kappa shape index (κ1) is 18.0. The van der Waals surface area contributed by atoms with Crippen LogP contribution in [0.1, 0.15) is 45.1 Å². The molecule has 1 rings (SSSR count). The van der Waals surface area contributed by atoms with Gasteiger partial charge in [0.15, 0.2) is 0 Å². The minimum absolute atomic E-state index is 0.335. The molecule has 0 saturated heterocycles. The van der Waals surface area contributed by atoms with Crippen molar-refractivity contribution in [2.45, 2.75) is 52.6 Å². The molecule has 0 aliphatic carbocycles. The van der Waals surface area contributed by atoms with E-state index in [0.717, 1.165) is 18.2 Å². The number of aliphatic hydroxyl groups excluding tert-OH is 1. The Morgan fingerprint density at radius 1 is 1.14 bits per heavy atom. The summed E-state index contributed by atoms with van der Waals surface area (Å²) in [7, 11) is 0. The van der Waals surface area contributed by atoms with E-state index in [9.17, 15) is 5.11 Å². The number of nitrogens with one attached hydrogen (secondary N) is 1. The van der Waals surface area contributed by atoms with Gasteiger partial charge in [-0.3, -0.25) is 0 Å². The maximum atomic E-state index is 9.94. The van der Waals surface area contributed by atoms with Gasteiger partial charge in [0, 0.05) is 6.54 Å². The van der Waals surface area contributed by atoms with Crippen LogP contribution >= 0.6 is 0 Å². The Labute approximate surface area is 129 Å². The fourth-order valence-electron chi connectivity index (χ4n) is 2.28. The highest BCUT2D eigenvalue weighted by Crippen LogP contribution is 2.12. The molecule has 0 saturated carbocycles. The third-order valence-corrected chi connectivity index (χ3v) is 3.82. The van der Waals surface area contributed by atoms with Gasteiger partial charge in [-0.1, -0.05) is 50.8 Å². The predicted molar refractivity (Wildman–Crippen MR) is 88.9 cm³/mol. The second-order valence-electron chi connectivity index (χ2n) is 5.85. The van der Waals surface area contributed by atoms with E-state index in [4.69, 9.17) is 4.74 Å². The summed E-state index contributed by atoms with van der Waals surface area (Å²) in [5, 5.41) is 13.3. The van der Waals surface area contributed by atoms with Crippen LogP contribution in [-0.4, -0.2) is 30.9 Å². The van der Waals surface area contributed by atoms with Crippen LogP contribution in [-0.2, 0) is 0 Å². The molecular formula is C18H31NO2. The number of aliphatic hydroxyl groups is 1. The molecule has 0 radical (unpaired) electrons. The Bertz CT molecular complexity index is 364. The minimum atomic E-state index is -0.463. The summed E-state index contributed by atoms with van der Waals surface area (Å²) in [6.45, 7) is 8.42. The maximum absolute atomic E-state index is 9.94. The molecule has 0 aromatic heterocycles. The topological polar surface area (TPSA) is 41.5 Å². The Morgan fingerprint density at radius 3 is 2.48 bits per heavy atom. The summed E-state index contributed by atoms with van der Waals surface area (Å²) in [5.74, 6) is 1.53. The largest absolute Gasteiger partial charge is 0.491 e. The second-order valence-corrected chi connectivity index (χ2v) is 5.85. The lowest BCUT2D eigenvalue weighted by atomic mass is 9.99. The zero-order valence-corrected chi connectivity index (χ0v) is 13.8. The van der Waals surface area contributed by atoms with E-state index in [2.05, 4.69) is 19.2 Å². The Morgan fingerprint density at radius 2 is 1.86 bits per heavy atom. The molecular weight excluding hydrogens is 262 g/mol. The first-order valence-electron chi connectivity index (χ1n) is 8.23. The van der Waals surface area contributed by atoms with E-state index in [1.807, 2.05) is 31.2 Å². The van der Waals surface area contributed by atoms with E-state index in [1.54, 1.807) is 0 Å². The number of rotatable bonds is 11. The van der Waals surface area contributed by atoms with Crippen molar-refractivity contribution in [3.05, 3.63) is 29.8 Å². The number of aryl methyl sites for hydroxylation is 1. The van der Waals surface area contributed by atoms with Crippen molar-refractivity contribution in [2.75, 3.05) is 19.7 Å². The summed E-state index contributed by atoms with van der Waals surface area (Å²) in [5.41, 5.74) is 1.21. The van der Waals surface area contributed by atoms with E-state index in [-0.39, 0.29) is 0 Å². The highest BCUT2D eigenvalue weighted by atomic mass is 16.5. The number of ether oxygens (including phenoxy) is 1. The van der Waals surface area contributed by atoms with Crippen molar-refractivity contribution >= 4 is 0 Å². The molecule has 21 heavy (non-hydrogen) atoms. The van der Waals surface area contributed by atoms with Crippen LogP contribution in [0.5, 0.6) is 5.75 Å². The van der Waals surface area contributed by atoms with Crippen LogP contribution in [0.2, 0.25) is 0 Å². The van der Waals surface area contributed by atoms with Gasteiger partial charge in [0.2, 0.25) is 0 Å². The van der Waals surface area contributed by atoms with Gasteiger partial charge in [-0.25, -0.2) is 0 Å². The number of hydrogen-bond donors (Lipinski definition) is 2. The van der Waals surface area contributed by atoms with Crippen molar-refractivity contribution in [1.29, 1.82) is 0 Å².